The molecule has 0 saturated heterocycles. The Labute approximate surface area is 117 Å². The van der Waals surface area contributed by atoms with Gasteiger partial charge < -0.3 is 10.6 Å². The Kier molecular flexibility index (Phi) is 4.12. The molecule has 19 heavy (non-hydrogen) atoms. The van der Waals surface area contributed by atoms with Crippen molar-refractivity contribution in [2.45, 2.75) is 6.54 Å². The minimum atomic E-state index is -0.284. The lowest BCUT2D eigenvalue weighted by Gasteiger charge is -2.19. The molecule has 2 N–H and O–H groups in total. The van der Waals surface area contributed by atoms with Crippen molar-refractivity contribution in [2.24, 2.45) is 5.73 Å². The third-order valence-electron chi connectivity index (χ3n) is 2.94. The lowest BCUT2D eigenvalue weighted by atomic mass is 10.1. The zero-order valence-corrected chi connectivity index (χ0v) is 11.5. The van der Waals surface area contributed by atoms with Crippen LogP contribution in [0.5, 0.6) is 0 Å². The van der Waals surface area contributed by atoms with Crippen molar-refractivity contribution in [1.82, 2.24) is 0 Å². The van der Waals surface area contributed by atoms with Gasteiger partial charge in [-0.25, -0.2) is 4.39 Å². The quantitative estimate of drug-likeness (QED) is 0.869. The number of thiocarbonyl (C=S) groups is 1. The van der Waals surface area contributed by atoms with Crippen LogP contribution in [0, 0.1) is 5.82 Å². The number of para-hydroxylation sites is 1. The van der Waals surface area contributed by atoms with Crippen molar-refractivity contribution < 1.29 is 4.39 Å². The number of hydrogen-bond donors (Lipinski definition) is 1. The zero-order valence-electron chi connectivity index (χ0n) is 10.6. The van der Waals surface area contributed by atoms with Gasteiger partial charge in [-0.15, -0.1) is 0 Å². The molecular weight excluding hydrogens is 259 g/mol. The van der Waals surface area contributed by atoms with Crippen molar-refractivity contribution in [2.75, 3.05) is 11.9 Å². The van der Waals surface area contributed by atoms with Gasteiger partial charge in [0.2, 0.25) is 0 Å². The fourth-order valence-corrected chi connectivity index (χ4v) is 1.99. The topological polar surface area (TPSA) is 29.3 Å². The number of anilines is 1. The Balaban J connectivity index is 2.18. The third kappa shape index (κ3) is 3.29. The average Bonchev–Trinajstić information content (AvgIpc) is 2.41. The number of nitrogens with two attached hydrogens (primary N) is 1. The first kappa shape index (κ1) is 13.5. The monoisotopic (exact) mass is 274 g/mol. The molecule has 0 bridgehead atoms. The van der Waals surface area contributed by atoms with E-state index in [1.54, 1.807) is 12.1 Å². The first-order valence-corrected chi connectivity index (χ1v) is 6.33. The summed E-state index contributed by atoms with van der Waals surface area (Å²) in [6.45, 7) is 0.494. The summed E-state index contributed by atoms with van der Waals surface area (Å²) in [5, 5.41) is 0. The highest BCUT2D eigenvalue weighted by Crippen LogP contribution is 2.17. The zero-order chi connectivity index (χ0) is 13.8. The van der Waals surface area contributed by atoms with E-state index in [2.05, 4.69) is 0 Å². The van der Waals surface area contributed by atoms with Crippen molar-refractivity contribution in [3.8, 4) is 0 Å². The number of nitrogens with zero attached hydrogens (tertiary/aromatic N) is 1. The summed E-state index contributed by atoms with van der Waals surface area (Å²) < 4.78 is 13.9. The summed E-state index contributed by atoms with van der Waals surface area (Å²) in [5.74, 6) is -0.284. The average molecular weight is 274 g/mol. The van der Waals surface area contributed by atoms with Gasteiger partial charge in [-0.05, 0) is 18.2 Å². The van der Waals surface area contributed by atoms with Crippen LogP contribution in [-0.2, 0) is 6.54 Å². The molecule has 0 amide bonds. The molecule has 2 rings (SSSR count). The predicted octanol–water partition coefficient (Wildman–Crippen LogP) is 3.10. The van der Waals surface area contributed by atoms with Crippen LogP contribution in [0.3, 0.4) is 0 Å². The van der Waals surface area contributed by atoms with Crippen LogP contribution < -0.4 is 10.6 Å². The maximum atomic E-state index is 13.9. The van der Waals surface area contributed by atoms with E-state index in [0.29, 0.717) is 17.7 Å². The Morgan fingerprint density at radius 1 is 1.21 bits per heavy atom. The summed E-state index contributed by atoms with van der Waals surface area (Å²) in [7, 11) is 1.93. The Bertz CT molecular complexity index is 584. The molecule has 0 saturated carbocycles. The van der Waals surface area contributed by atoms with Gasteiger partial charge in [-0.1, -0.05) is 42.5 Å². The smallest absolute Gasteiger partial charge is 0.128 e. The van der Waals surface area contributed by atoms with E-state index in [4.69, 9.17) is 18.0 Å². The molecule has 4 heteroatoms. The van der Waals surface area contributed by atoms with Crippen molar-refractivity contribution in [1.29, 1.82) is 0 Å². The van der Waals surface area contributed by atoms with Gasteiger partial charge in [-0.2, -0.15) is 0 Å². The highest BCUT2D eigenvalue weighted by atomic mass is 32.1. The van der Waals surface area contributed by atoms with Gasteiger partial charge in [0.25, 0.3) is 0 Å². The number of hydrogen-bond acceptors (Lipinski definition) is 2. The Hall–Kier alpha value is -1.94. The van der Waals surface area contributed by atoms with E-state index in [9.17, 15) is 4.39 Å². The van der Waals surface area contributed by atoms with E-state index in [1.807, 2.05) is 42.3 Å². The largest absolute Gasteiger partial charge is 0.389 e. The van der Waals surface area contributed by atoms with E-state index in [1.165, 1.54) is 6.07 Å². The van der Waals surface area contributed by atoms with E-state index >= 15 is 0 Å². The van der Waals surface area contributed by atoms with Crippen molar-refractivity contribution in [3.05, 3.63) is 65.5 Å². The molecule has 0 fully saturated rings. The highest BCUT2D eigenvalue weighted by Gasteiger charge is 2.08. The first-order valence-electron chi connectivity index (χ1n) is 5.92. The number of benzene rings is 2. The van der Waals surface area contributed by atoms with Crippen LogP contribution in [0.1, 0.15) is 11.1 Å². The third-order valence-corrected chi connectivity index (χ3v) is 3.18. The maximum absolute atomic E-state index is 13.9. The van der Waals surface area contributed by atoms with Crippen LogP contribution in [-0.4, -0.2) is 12.0 Å². The standard InChI is InChI=1S/C15H15FN2S/c1-18(13-5-3-2-4-6-13)10-12-8-7-11(15(17)19)9-14(12)16/h2-9H,10H2,1H3,(H2,17,19). The Morgan fingerprint density at radius 2 is 1.89 bits per heavy atom. The fraction of sp³-hybridized carbons (Fsp3) is 0.133. The number of halogens is 1. The molecule has 0 unspecified atom stereocenters. The van der Waals surface area contributed by atoms with Gasteiger partial charge in [0.05, 0.1) is 0 Å². The molecule has 2 aromatic carbocycles. The summed E-state index contributed by atoms with van der Waals surface area (Å²) in [6, 6.07) is 14.7. The fourth-order valence-electron chi connectivity index (χ4n) is 1.86. The minimum absolute atomic E-state index is 0.210. The van der Waals surface area contributed by atoms with Gasteiger partial charge in [0.15, 0.2) is 0 Å². The van der Waals surface area contributed by atoms with E-state index in [-0.39, 0.29) is 10.8 Å². The van der Waals surface area contributed by atoms with Crippen molar-refractivity contribution in [3.63, 3.8) is 0 Å². The van der Waals surface area contributed by atoms with Crippen LogP contribution in [0.15, 0.2) is 48.5 Å². The van der Waals surface area contributed by atoms with E-state index in [0.717, 1.165) is 5.69 Å². The van der Waals surface area contributed by atoms with Crippen LogP contribution in [0.2, 0.25) is 0 Å². The number of rotatable bonds is 4. The molecule has 0 heterocycles. The summed E-state index contributed by atoms with van der Waals surface area (Å²) >= 11 is 4.83. The van der Waals surface area contributed by atoms with Crippen molar-refractivity contribution >= 4 is 22.9 Å². The second-order valence-electron chi connectivity index (χ2n) is 4.36. The van der Waals surface area contributed by atoms with Crippen LogP contribution >= 0.6 is 12.2 Å². The molecular formula is C15H15FN2S. The second kappa shape index (κ2) is 5.80. The first-order chi connectivity index (χ1) is 9.08. The molecule has 0 atom stereocenters. The lowest BCUT2D eigenvalue weighted by molar-refractivity contribution is 0.607. The highest BCUT2D eigenvalue weighted by molar-refractivity contribution is 7.80. The van der Waals surface area contributed by atoms with E-state index < -0.39 is 0 Å². The summed E-state index contributed by atoms with van der Waals surface area (Å²) in [5.41, 5.74) is 7.69. The van der Waals surface area contributed by atoms with Crippen LogP contribution in [0.25, 0.3) is 0 Å². The SMILES string of the molecule is CN(Cc1ccc(C(N)=S)cc1F)c1ccccc1. The molecule has 0 aromatic heterocycles. The second-order valence-corrected chi connectivity index (χ2v) is 4.80. The van der Waals surface area contributed by atoms with Gasteiger partial charge in [0, 0.05) is 30.4 Å². The summed E-state index contributed by atoms with van der Waals surface area (Å²) in [6.07, 6.45) is 0. The normalized spacial score (nSPS) is 10.2. The summed E-state index contributed by atoms with van der Waals surface area (Å²) in [4.78, 5) is 2.20. The lowest BCUT2D eigenvalue weighted by Crippen LogP contribution is -2.17. The molecule has 0 aliphatic rings. The molecule has 0 radical (unpaired) electrons. The predicted molar refractivity (Wildman–Crippen MR) is 80.8 cm³/mol. The molecule has 2 nitrogen and oxygen atoms in total. The molecule has 98 valence electrons. The maximum Gasteiger partial charge on any atom is 0.128 e. The molecule has 0 aliphatic heterocycles. The van der Waals surface area contributed by atoms with Crippen LogP contribution in [0.4, 0.5) is 10.1 Å². The molecule has 2 aromatic rings. The minimum Gasteiger partial charge on any atom is -0.389 e. The Morgan fingerprint density at radius 3 is 2.47 bits per heavy atom. The molecule has 0 spiro atoms. The van der Waals surface area contributed by atoms with Gasteiger partial charge >= 0.3 is 0 Å². The molecule has 0 aliphatic carbocycles. The van der Waals surface area contributed by atoms with Gasteiger partial charge in [-0.3, -0.25) is 0 Å². The van der Waals surface area contributed by atoms with Gasteiger partial charge in [0.1, 0.15) is 10.8 Å².